The number of carbonyl (C=O) groups is 2. The highest BCUT2D eigenvalue weighted by atomic mass is 19.1. The molecule has 7 heteroatoms. The van der Waals surface area contributed by atoms with E-state index in [0.29, 0.717) is 29.4 Å². The normalized spacial score (nSPS) is 10.6. The van der Waals surface area contributed by atoms with Gasteiger partial charge in [0.15, 0.2) is 0 Å². The van der Waals surface area contributed by atoms with E-state index in [9.17, 15) is 14.0 Å². The van der Waals surface area contributed by atoms with E-state index in [1.165, 1.54) is 31.5 Å². The lowest BCUT2D eigenvalue weighted by atomic mass is 10.1. The number of carbonyl (C=O) groups excluding carboxylic acids is 2. The van der Waals surface area contributed by atoms with Crippen LogP contribution in [0.5, 0.6) is 5.88 Å². The van der Waals surface area contributed by atoms with Crippen LogP contribution >= 0.6 is 0 Å². The Morgan fingerprint density at radius 3 is 2.54 bits per heavy atom. The highest BCUT2D eigenvalue weighted by molar-refractivity contribution is 6.46. The lowest BCUT2D eigenvalue weighted by molar-refractivity contribution is -0.112. The van der Waals surface area contributed by atoms with Crippen molar-refractivity contribution < 1.29 is 18.7 Å². The Morgan fingerprint density at radius 2 is 1.86 bits per heavy atom. The van der Waals surface area contributed by atoms with Crippen molar-refractivity contribution in [3.05, 3.63) is 77.0 Å². The fraction of sp³-hybridized carbons (Fsp3) is 0.190. The van der Waals surface area contributed by atoms with Crippen LogP contribution < -0.4 is 10.1 Å². The standard InChI is InChI=1S/C21H20FN3O3/c1-13-10-18(14(2)25(13)12-15-4-6-16(22)7-5-15)20(26)21(27)24-17-8-9-23-19(11-17)28-3/h4-11H,12H2,1-3H3,(H,23,24,27). The summed E-state index contributed by atoms with van der Waals surface area (Å²) in [5, 5.41) is 2.57. The summed E-state index contributed by atoms with van der Waals surface area (Å²) >= 11 is 0. The highest BCUT2D eigenvalue weighted by Gasteiger charge is 2.22. The van der Waals surface area contributed by atoms with Crippen LogP contribution in [0.25, 0.3) is 0 Å². The molecule has 1 amide bonds. The molecule has 0 saturated carbocycles. The van der Waals surface area contributed by atoms with Crippen molar-refractivity contribution in [2.75, 3.05) is 12.4 Å². The van der Waals surface area contributed by atoms with Crippen LogP contribution in [-0.4, -0.2) is 28.4 Å². The Morgan fingerprint density at radius 1 is 1.14 bits per heavy atom. The first-order valence-electron chi connectivity index (χ1n) is 8.66. The average molecular weight is 381 g/mol. The molecule has 1 N–H and O–H groups in total. The summed E-state index contributed by atoms with van der Waals surface area (Å²) in [6.45, 7) is 4.12. The van der Waals surface area contributed by atoms with Crippen LogP contribution in [0.3, 0.4) is 0 Å². The van der Waals surface area contributed by atoms with Gasteiger partial charge in [-0.05, 0) is 43.7 Å². The van der Waals surface area contributed by atoms with Gasteiger partial charge in [0, 0.05) is 41.4 Å². The minimum Gasteiger partial charge on any atom is -0.481 e. The SMILES string of the molecule is COc1cc(NC(=O)C(=O)c2cc(C)n(Cc3ccc(F)cc3)c2C)ccn1. The summed E-state index contributed by atoms with van der Waals surface area (Å²) in [4.78, 5) is 29.0. The molecule has 0 radical (unpaired) electrons. The molecule has 0 fully saturated rings. The number of methoxy groups -OCH3 is 1. The monoisotopic (exact) mass is 381 g/mol. The Hall–Kier alpha value is -3.48. The molecular weight excluding hydrogens is 361 g/mol. The van der Waals surface area contributed by atoms with Gasteiger partial charge in [0.1, 0.15) is 5.82 Å². The van der Waals surface area contributed by atoms with Crippen LogP contribution in [0.4, 0.5) is 10.1 Å². The second-order valence-electron chi connectivity index (χ2n) is 6.37. The molecule has 0 unspecified atom stereocenters. The predicted molar refractivity (Wildman–Crippen MR) is 103 cm³/mol. The van der Waals surface area contributed by atoms with Gasteiger partial charge in [0.05, 0.1) is 7.11 Å². The molecule has 0 bridgehead atoms. The third-order valence-corrected chi connectivity index (χ3v) is 4.48. The molecule has 28 heavy (non-hydrogen) atoms. The second-order valence-corrected chi connectivity index (χ2v) is 6.37. The van der Waals surface area contributed by atoms with Gasteiger partial charge in [-0.15, -0.1) is 0 Å². The number of nitrogens with one attached hydrogen (secondary N) is 1. The van der Waals surface area contributed by atoms with E-state index < -0.39 is 11.7 Å². The minimum absolute atomic E-state index is 0.301. The molecule has 1 aromatic carbocycles. The van der Waals surface area contributed by atoms with Gasteiger partial charge >= 0.3 is 0 Å². The Bertz CT molecular complexity index is 1030. The molecule has 3 aromatic rings. The van der Waals surface area contributed by atoms with E-state index in [1.54, 1.807) is 31.2 Å². The van der Waals surface area contributed by atoms with Gasteiger partial charge in [-0.25, -0.2) is 9.37 Å². The maximum Gasteiger partial charge on any atom is 0.296 e. The molecule has 2 heterocycles. The van der Waals surface area contributed by atoms with E-state index in [-0.39, 0.29) is 5.82 Å². The number of Topliss-reactive ketones (excluding diaryl/α,β-unsaturated/α-hetero) is 1. The van der Waals surface area contributed by atoms with Crippen LogP contribution in [0.1, 0.15) is 27.3 Å². The Kier molecular flexibility index (Phi) is 5.54. The van der Waals surface area contributed by atoms with Gasteiger partial charge in [0.25, 0.3) is 11.7 Å². The number of halogens is 1. The third kappa shape index (κ3) is 4.09. The summed E-state index contributed by atoms with van der Waals surface area (Å²) in [6.07, 6.45) is 1.48. The summed E-state index contributed by atoms with van der Waals surface area (Å²) in [7, 11) is 1.47. The number of aromatic nitrogens is 2. The summed E-state index contributed by atoms with van der Waals surface area (Å²) in [5.74, 6) is -1.34. The van der Waals surface area contributed by atoms with Crippen LogP contribution in [0.2, 0.25) is 0 Å². The first kappa shape index (κ1) is 19.3. The molecule has 0 aliphatic heterocycles. The largest absolute Gasteiger partial charge is 0.481 e. The van der Waals surface area contributed by atoms with Crippen molar-refractivity contribution >= 4 is 17.4 Å². The van der Waals surface area contributed by atoms with Crippen molar-refractivity contribution in [2.24, 2.45) is 0 Å². The van der Waals surface area contributed by atoms with E-state index in [4.69, 9.17) is 4.74 Å². The summed E-state index contributed by atoms with van der Waals surface area (Å²) in [5.41, 5.74) is 3.16. The lowest BCUT2D eigenvalue weighted by Crippen LogP contribution is -2.23. The van der Waals surface area contributed by atoms with Crippen LogP contribution in [0, 0.1) is 19.7 Å². The quantitative estimate of drug-likeness (QED) is 0.524. The number of rotatable bonds is 6. The second kappa shape index (κ2) is 8.04. The van der Waals surface area contributed by atoms with Gasteiger partial charge in [-0.2, -0.15) is 0 Å². The highest BCUT2D eigenvalue weighted by Crippen LogP contribution is 2.19. The van der Waals surface area contributed by atoms with Crippen molar-refractivity contribution in [1.29, 1.82) is 0 Å². The molecule has 0 aliphatic carbocycles. The van der Waals surface area contributed by atoms with Crippen molar-refractivity contribution in [3.63, 3.8) is 0 Å². The maximum atomic E-state index is 13.1. The third-order valence-electron chi connectivity index (χ3n) is 4.48. The zero-order valence-electron chi connectivity index (χ0n) is 15.8. The number of aryl methyl sites for hydroxylation is 1. The van der Waals surface area contributed by atoms with Gasteiger partial charge in [-0.1, -0.05) is 12.1 Å². The van der Waals surface area contributed by atoms with Crippen LogP contribution in [0.15, 0.2) is 48.7 Å². The number of benzene rings is 1. The van der Waals surface area contributed by atoms with Crippen molar-refractivity contribution in [1.82, 2.24) is 9.55 Å². The van der Waals surface area contributed by atoms with Gasteiger partial charge < -0.3 is 14.6 Å². The van der Waals surface area contributed by atoms with Crippen molar-refractivity contribution in [3.8, 4) is 5.88 Å². The molecule has 0 aliphatic rings. The zero-order chi connectivity index (χ0) is 20.3. The first-order valence-corrected chi connectivity index (χ1v) is 8.66. The predicted octanol–water partition coefficient (Wildman–Crippen LogP) is 3.52. The average Bonchev–Trinajstić information content (AvgIpc) is 2.97. The zero-order valence-corrected chi connectivity index (χ0v) is 15.8. The minimum atomic E-state index is -0.740. The summed E-state index contributed by atoms with van der Waals surface area (Å²) < 4.78 is 20.0. The number of pyridine rings is 1. The van der Waals surface area contributed by atoms with E-state index >= 15 is 0 Å². The van der Waals surface area contributed by atoms with Gasteiger partial charge in [0.2, 0.25) is 5.88 Å². The fourth-order valence-corrected chi connectivity index (χ4v) is 2.96. The Labute approximate surface area is 162 Å². The van der Waals surface area contributed by atoms with Gasteiger partial charge in [-0.3, -0.25) is 9.59 Å². The molecule has 3 rings (SSSR count). The maximum absolute atomic E-state index is 13.1. The number of ketones is 1. The molecule has 144 valence electrons. The number of ether oxygens (including phenoxy) is 1. The molecule has 0 saturated heterocycles. The number of nitrogens with zero attached hydrogens (tertiary/aromatic N) is 2. The fourth-order valence-electron chi connectivity index (χ4n) is 2.96. The van der Waals surface area contributed by atoms with Crippen molar-refractivity contribution in [2.45, 2.75) is 20.4 Å². The smallest absolute Gasteiger partial charge is 0.296 e. The first-order chi connectivity index (χ1) is 13.4. The van der Waals surface area contributed by atoms with Crippen LogP contribution in [-0.2, 0) is 11.3 Å². The number of hydrogen-bond acceptors (Lipinski definition) is 4. The van der Waals surface area contributed by atoms with E-state index in [2.05, 4.69) is 10.3 Å². The molecule has 0 spiro atoms. The lowest BCUT2D eigenvalue weighted by Gasteiger charge is -2.10. The summed E-state index contributed by atoms with van der Waals surface area (Å²) in [6, 6.07) is 11.0. The molecule has 0 atom stereocenters. The Balaban J connectivity index is 1.79. The number of hydrogen-bond donors (Lipinski definition) is 1. The topological polar surface area (TPSA) is 73.2 Å². The molecule has 2 aromatic heterocycles. The van der Waals surface area contributed by atoms with E-state index in [0.717, 1.165) is 11.3 Å². The van der Waals surface area contributed by atoms with E-state index in [1.807, 2.05) is 11.5 Å². The number of anilines is 1. The molecular formula is C21H20FN3O3. The molecule has 6 nitrogen and oxygen atoms in total. The number of amides is 1.